The SMILES string of the molecule is C#CC(/C=C\C(CC)C(=C)/C=C\C(=C)n1c2ccccc2c2sccc21)N1C(C/C=C\C(C)C)=C(CC)C2SC=CC21.CC. The van der Waals surface area contributed by atoms with Gasteiger partial charge in [0.05, 0.1) is 27.0 Å². The molecule has 2 nitrogen and oxygen atoms in total. The second-order valence-electron chi connectivity index (χ2n) is 11.4. The lowest BCUT2D eigenvalue weighted by Crippen LogP contribution is -2.39. The summed E-state index contributed by atoms with van der Waals surface area (Å²) >= 11 is 3.71. The van der Waals surface area contributed by atoms with Crippen LogP contribution >= 0.6 is 23.1 Å². The van der Waals surface area contributed by atoms with Gasteiger partial charge >= 0.3 is 0 Å². The maximum absolute atomic E-state index is 6.24. The molecule has 4 heteroatoms. The van der Waals surface area contributed by atoms with Crippen LogP contribution < -0.4 is 0 Å². The summed E-state index contributed by atoms with van der Waals surface area (Å²) in [5.74, 6) is 3.85. The maximum atomic E-state index is 6.24. The van der Waals surface area contributed by atoms with Crippen molar-refractivity contribution in [2.45, 2.75) is 78.1 Å². The molecule has 0 saturated carbocycles. The van der Waals surface area contributed by atoms with Gasteiger partial charge in [-0.25, -0.2) is 0 Å². The first-order valence-electron chi connectivity index (χ1n) is 16.1. The molecule has 0 fully saturated rings. The van der Waals surface area contributed by atoms with E-state index < -0.39 is 0 Å². The molecule has 1 aromatic carbocycles. The Bertz CT molecular complexity index is 1660. The molecule has 5 rings (SSSR count). The molecule has 0 saturated heterocycles. The van der Waals surface area contributed by atoms with E-state index in [1.165, 1.54) is 32.4 Å². The number of fused-ring (bicyclic) bond motifs is 4. The first kappa shape index (κ1) is 33.5. The van der Waals surface area contributed by atoms with Crippen LogP contribution in [0.4, 0.5) is 0 Å². The number of para-hydroxylation sites is 1. The van der Waals surface area contributed by atoms with Gasteiger partial charge in [-0.2, -0.15) is 0 Å². The number of hydrogen-bond acceptors (Lipinski definition) is 3. The fraction of sp³-hybridized carbons (Fsp3) is 0.350. The summed E-state index contributed by atoms with van der Waals surface area (Å²) in [6, 6.07) is 10.9. The standard InChI is InChI=1S/C38H42N2S2.C2H6/c1-8-29(27(6)18-19-28(7)39-34-16-12-11-15-32(34)38-35(39)22-24-42-38)20-21-30(9-2)40-33(17-13-14-26(4)5)31(10-3)37-36(40)23-25-41-37;1-2/h2,11-16,18-26,29-30,36-37H,6-8,10,17H2,1,3-5H3;1-2H3/b14-13-,19-18-,21-20-;. The van der Waals surface area contributed by atoms with Crippen molar-refractivity contribution in [1.82, 2.24) is 9.47 Å². The molecular formula is C40H48N2S2. The number of thiophene rings is 1. The average Bonchev–Trinajstić information content (AvgIpc) is 3.81. The number of hydrogen-bond donors (Lipinski definition) is 0. The van der Waals surface area contributed by atoms with Gasteiger partial charge < -0.3 is 9.47 Å². The van der Waals surface area contributed by atoms with Gasteiger partial charge in [0, 0.05) is 29.1 Å². The Morgan fingerprint density at radius 2 is 1.82 bits per heavy atom. The number of terminal acetylenes is 1. The Morgan fingerprint density at radius 1 is 1.05 bits per heavy atom. The minimum atomic E-state index is -0.105. The molecular weight excluding hydrogens is 573 g/mol. The molecule has 0 spiro atoms. The zero-order chi connectivity index (χ0) is 31.8. The predicted molar refractivity (Wildman–Crippen MR) is 200 cm³/mol. The normalized spacial score (nSPS) is 19.5. The molecule has 4 unspecified atom stereocenters. The largest absolute Gasteiger partial charge is 0.349 e. The smallest absolute Gasteiger partial charge is 0.109 e. The quantitative estimate of drug-likeness (QED) is 0.113. The number of nitrogens with zero attached hydrogens (tertiary/aromatic N) is 2. The van der Waals surface area contributed by atoms with Crippen LogP contribution in [0.2, 0.25) is 0 Å². The van der Waals surface area contributed by atoms with Crippen molar-refractivity contribution in [3.05, 3.63) is 114 Å². The van der Waals surface area contributed by atoms with E-state index in [0.29, 0.717) is 17.2 Å². The molecule has 0 amide bonds. The first-order valence-corrected chi connectivity index (χ1v) is 17.9. The number of benzene rings is 1. The van der Waals surface area contributed by atoms with Gasteiger partial charge in [0.2, 0.25) is 0 Å². The summed E-state index contributed by atoms with van der Waals surface area (Å²) in [5, 5.41) is 6.13. The topological polar surface area (TPSA) is 8.17 Å². The van der Waals surface area contributed by atoms with Crippen LogP contribution in [0.15, 0.2) is 114 Å². The van der Waals surface area contributed by atoms with Crippen LogP contribution in [0.1, 0.15) is 60.8 Å². The summed E-state index contributed by atoms with van der Waals surface area (Å²) in [4.78, 5) is 2.50. The van der Waals surface area contributed by atoms with Gasteiger partial charge in [0.25, 0.3) is 0 Å². The molecule has 0 aliphatic carbocycles. The maximum Gasteiger partial charge on any atom is 0.109 e. The molecule has 2 aromatic heterocycles. The average molecular weight is 621 g/mol. The number of thioether (sulfide) groups is 1. The Hall–Kier alpha value is -3.39. The Morgan fingerprint density at radius 3 is 2.52 bits per heavy atom. The molecule has 2 aliphatic heterocycles. The molecule has 2 aliphatic rings. The van der Waals surface area contributed by atoms with Gasteiger partial charge in [-0.05, 0) is 58.9 Å². The van der Waals surface area contributed by atoms with Gasteiger partial charge in [0.15, 0.2) is 0 Å². The van der Waals surface area contributed by atoms with Crippen molar-refractivity contribution >= 4 is 49.9 Å². The summed E-state index contributed by atoms with van der Waals surface area (Å²) in [6.07, 6.45) is 24.8. The fourth-order valence-corrected chi connectivity index (χ4v) is 8.43. The van der Waals surface area contributed by atoms with E-state index >= 15 is 0 Å². The lowest BCUT2D eigenvalue weighted by molar-refractivity contribution is 0.309. The molecule has 4 heterocycles. The molecule has 0 N–H and O–H groups in total. The fourth-order valence-electron chi connectivity index (χ4n) is 6.25. The van der Waals surface area contributed by atoms with Crippen molar-refractivity contribution in [2.75, 3.05) is 0 Å². The summed E-state index contributed by atoms with van der Waals surface area (Å²) < 4.78 is 3.55. The van der Waals surface area contributed by atoms with Gasteiger partial charge in [-0.3, -0.25) is 0 Å². The van der Waals surface area contributed by atoms with Crippen molar-refractivity contribution in [3.63, 3.8) is 0 Å². The highest BCUT2D eigenvalue weighted by Crippen LogP contribution is 2.46. The van der Waals surface area contributed by atoms with Crippen LogP contribution in [-0.4, -0.2) is 26.8 Å². The van der Waals surface area contributed by atoms with Crippen LogP contribution in [-0.2, 0) is 0 Å². The molecule has 3 aromatic rings. The Balaban J connectivity index is 0.00000216. The van der Waals surface area contributed by atoms with Gasteiger partial charge in [0.1, 0.15) is 6.04 Å². The lowest BCUT2D eigenvalue weighted by Gasteiger charge is -2.32. The van der Waals surface area contributed by atoms with E-state index in [9.17, 15) is 0 Å². The highest BCUT2D eigenvalue weighted by atomic mass is 32.2. The van der Waals surface area contributed by atoms with E-state index in [0.717, 1.165) is 30.5 Å². The summed E-state index contributed by atoms with van der Waals surface area (Å²) in [6.45, 7) is 21.8. The minimum absolute atomic E-state index is 0.105. The Labute approximate surface area is 274 Å². The first-order chi connectivity index (χ1) is 21.4. The number of allylic oxidation sites excluding steroid dienone is 7. The van der Waals surface area contributed by atoms with Crippen LogP contribution in [0.3, 0.4) is 0 Å². The molecule has 44 heavy (non-hydrogen) atoms. The van der Waals surface area contributed by atoms with Crippen molar-refractivity contribution in [2.24, 2.45) is 11.8 Å². The third kappa shape index (κ3) is 6.80. The third-order valence-corrected chi connectivity index (χ3v) is 10.4. The zero-order valence-electron chi connectivity index (χ0n) is 27.3. The molecule has 230 valence electrons. The number of rotatable bonds is 12. The molecule has 0 bridgehead atoms. The van der Waals surface area contributed by atoms with Crippen LogP contribution in [0.5, 0.6) is 0 Å². The monoisotopic (exact) mass is 620 g/mol. The van der Waals surface area contributed by atoms with E-state index in [1.807, 2.05) is 25.6 Å². The van der Waals surface area contributed by atoms with Crippen LogP contribution in [0.25, 0.3) is 26.8 Å². The molecule has 4 atom stereocenters. The Kier molecular flexibility index (Phi) is 11.8. The summed E-state index contributed by atoms with van der Waals surface area (Å²) in [5.41, 5.74) is 7.31. The number of aromatic nitrogens is 1. The lowest BCUT2D eigenvalue weighted by atomic mass is 9.95. The van der Waals surface area contributed by atoms with Crippen molar-refractivity contribution < 1.29 is 0 Å². The predicted octanol–water partition coefficient (Wildman–Crippen LogP) is 11.6. The highest BCUT2D eigenvalue weighted by Gasteiger charge is 2.42. The summed E-state index contributed by atoms with van der Waals surface area (Å²) in [7, 11) is 0. The zero-order valence-corrected chi connectivity index (χ0v) is 28.9. The van der Waals surface area contributed by atoms with E-state index in [4.69, 9.17) is 6.42 Å². The van der Waals surface area contributed by atoms with Crippen molar-refractivity contribution in [1.29, 1.82) is 0 Å². The van der Waals surface area contributed by atoms with E-state index in [1.54, 1.807) is 11.3 Å². The van der Waals surface area contributed by atoms with Gasteiger partial charge in [-0.1, -0.05) is 115 Å². The van der Waals surface area contributed by atoms with E-state index in [-0.39, 0.29) is 12.0 Å². The molecule has 0 radical (unpaired) electrons. The third-order valence-electron chi connectivity index (χ3n) is 8.34. The minimum Gasteiger partial charge on any atom is -0.349 e. The second-order valence-corrected chi connectivity index (χ2v) is 13.4. The van der Waals surface area contributed by atoms with E-state index in [2.05, 4.69) is 140 Å². The second kappa shape index (κ2) is 15.6. The highest BCUT2D eigenvalue weighted by molar-refractivity contribution is 8.03. The van der Waals surface area contributed by atoms with Crippen molar-refractivity contribution in [3.8, 4) is 12.3 Å². The van der Waals surface area contributed by atoms with Crippen LogP contribution in [0, 0.1) is 24.2 Å². The van der Waals surface area contributed by atoms with Gasteiger partial charge in [-0.15, -0.1) is 29.5 Å².